The van der Waals surface area contributed by atoms with Crippen LogP contribution in [-0.2, 0) is 5.75 Å². The number of halogens is 1. The molecule has 0 aromatic heterocycles. The van der Waals surface area contributed by atoms with Gasteiger partial charge in [-0.25, -0.2) is 0 Å². The molecule has 0 radical (unpaired) electrons. The summed E-state index contributed by atoms with van der Waals surface area (Å²) in [6, 6.07) is 8.35. The molecule has 1 rings (SSSR count). The van der Waals surface area contributed by atoms with Gasteiger partial charge in [0.2, 0.25) is 0 Å². The van der Waals surface area contributed by atoms with Crippen molar-refractivity contribution in [3.05, 3.63) is 65.0 Å². The maximum Gasteiger partial charge on any atom is 0.0958 e. The van der Waals surface area contributed by atoms with Crippen LogP contribution in [-0.4, -0.2) is 13.3 Å². The zero-order valence-electron chi connectivity index (χ0n) is 12.3. The molecule has 0 aliphatic rings. The minimum Gasteiger partial charge on any atom is -0.393 e. The fourth-order valence-corrected chi connectivity index (χ4v) is 2.15. The number of benzene rings is 1. The molecule has 0 spiro atoms. The molecular formula is C15H22ClN3S2. The standard InChI is InChI=1S/C10H12S.C5H10ClN3S/c1-3-9-6-4-5-7-10(9)8-11-2;1-9-4(7)2-3-5(8)10-6/h3-7H,1,8H2,2H3;2-3,9H,7-8H2,1H3/b;4-2+,5-3+. The van der Waals surface area contributed by atoms with Crippen molar-refractivity contribution >= 4 is 39.5 Å². The van der Waals surface area contributed by atoms with E-state index in [0.717, 1.165) is 16.7 Å². The third kappa shape index (κ3) is 9.39. The second-order valence-electron chi connectivity index (χ2n) is 3.85. The molecule has 0 unspecified atom stereocenters. The molecule has 0 aliphatic carbocycles. The molecule has 116 valence electrons. The summed E-state index contributed by atoms with van der Waals surface area (Å²) in [6.07, 6.45) is 7.29. The fraction of sp³-hybridized carbons (Fsp3) is 0.200. The second kappa shape index (κ2) is 12.6. The molecule has 6 heteroatoms. The summed E-state index contributed by atoms with van der Waals surface area (Å²) in [6.45, 7) is 3.76. The van der Waals surface area contributed by atoms with Gasteiger partial charge in [0.1, 0.15) is 0 Å². The molecule has 0 saturated heterocycles. The SMILES string of the molecule is C=Cc1ccccc1CSC.CN/C(N)=C/C=C(\N)SCl. The Bertz CT molecular complexity index is 470. The monoisotopic (exact) mass is 343 g/mol. The lowest BCUT2D eigenvalue weighted by Crippen LogP contribution is -2.13. The lowest BCUT2D eigenvalue weighted by Gasteiger charge is -2.01. The van der Waals surface area contributed by atoms with Gasteiger partial charge >= 0.3 is 0 Å². The van der Waals surface area contributed by atoms with Crippen molar-refractivity contribution < 1.29 is 0 Å². The van der Waals surface area contributed by atoms with Crippen LogP contribution in [0.4, 0.5) is 0 Å². The predicted molar refractivity (Wildman–Crippen MR) is 101 cm³/mol. The van der Waals surface area contributed by atoms with Gasteiger partial charge in [0.25, 0.3) is 0 Å². The minimum absolute atomic E-state index is 0.514. The molecule has 0 aliphatic heterocycles. The fourth-order valence-electron chi connectivity index (χ4n) is 1.30. The van der Waals surface area contributed by atoms with Crippen molar-refractivity contribution in [2.75, 3.05) is 13.3 Å². The Morgan fingerprint density at radius 1 is 1.33 bits per heavy atom. The summed E-state index contributed by atoms with van der Waals surface area (Å²) in [5.41, 5.74) is 13.3. The number of hydrogen-bond donors (Lipinski definition) is 3. The Morgan fingerprint density at radius 3 is 2.52 bits per heavy atom. The third-order valence-electron chi connectivity index (χ3n) is 2.38. The highest BCUT2D eigenvalue weighted by Crippen LogP contribution is 2.15. The maximum absolute atomic E-state index is 5.37. The smallest absolute Gasteiger partial charge is 0.0958 e. The first kappa shape index (κ1) is 19.8. The second-order valence-corrected chi connectivity index (χ2v) is 5.81. The van der Waals surface area contributed by atoms with E-state index in [9.17, 15) is 0 Å². The topological polar surface area (TPSA) is 64.1 Å². The van der Waals surface area contributed by atoms with E-state index in [-0.39, 0.29) is 0 Å². The summed E-state index contributed by atoms with van der Waals surface area (Å²) < 4.78 is 0. The number of allylic oxidation sites excluding steroid dienone is 2. The van der Waals surface area contributed by atoms with Gasteiger partial charge in [-0.05, 0) is 51.2 Å². The van der Waals surface area contributed by atoms with E-state index in [1.807, 2.05) is 23.9 Å². The van der Waals surface area contributed by atoms with Gasteiger partial charge in [0, 0.05) is 12.8 Å². The Labute approximate surface area is 140 Å². The summed E-state index contributed by atoms with van der Waals surface area (Å²) in [7, 11) is 8.00. The lowest BCUT2D eigenvalue weighted by atomic mass is 10.1. The van der Waals surface area contributed by atoms with Gasteiger partial charge in [-0.3, -0.25) is 0 Å². The van der Waals surface area contributed by atoms with Crippen LogP contribution >= 0.6 is 33.4 Å². The predicted octanol–water partition coefficient (Wildman–Crippen LogP) is 3.89. The first-order valence-electron chi connectivity index (χ1n) is 6.17. The Balaban J connectivity index is 0.000000384. The van der Waals surface area contributed by atoms with Crippen molar-refractivity contribution in [3.63, 3.8) is 0 Å². The van der Waals surface area contributed by atoms with Gasteiger partial charge in [0.05, 0.1) is 10.9 Å². The molecule has 0 heterocycles. The van der Waals surface area contributed by atoms with Crippen LogP contribution in [0.2, 0.25) is 0 Å². The van der Waals surface area contributed by atoms with E-state index in [0.29, 0.717) is 10.9 Å². The van der Waals surface area contributed by atoms with Crippen LogP contribution in [0.5, 0.6) is 0 Å². The molecule has 1 aromatic rings. The Hall–Kier alpha value is -1.17. The van der Waals surface area contributed by atoms with Gasteiger partial charge in [-0.15, -0.1) is 0 Å². The van der Waals surface area contributed by atoms with E-state index in [4.69, 9.17) is 22.1 Å². The molecule has 1 aromatic carbocycles. The molecule has 0 atom stereocenters. The zero-order chi connectivity index (χ0) is 16.1. The quantitative estimate of drug-likeness (QED) is 0.684. The van der Waals surface area contributed by atoms with Gasteiger partial charge < -0.3 is 16.8 Å². The highest BCUT2D eigenvalue weighted by Gasteiger charge is 1.94. The number of thioether (sulfide) groups is 1. The summed E-state index contributed by atoms with van der Waals surface area (Å²) in [5, 5.41) is 3.24. The molecule has 3 nitrogen and oxygen atoms in total. The first-order chi connectivity index (χ1) is 10.1. The van der Waals surface area contributed by atoms with Crippen LogP contribution in [0, 0.1) is 0 Å². The van der Waals surface area contributed by atoms with E-state index in [1.165, 1.54) is 11.1 Å². The molecule has 0 amide bonds. The molecule has 0 saturated carbocycles. The highest BCUT2D eigenvalue weighted by atomic mass is 35.7. The summed E-state index contributed by atoms with van der Waals surface area (Å²) in [5.74, 6) is 1.62. The van der Waals surface area contributed by atoms with Crippen LogP contribution in [0.15, 0.2) is 53.8 Å². The van der Waals surface area contributed by atoms with E-state index < -0.39 is 0 Å². The highest BCUT2D eigenvalue weighted by molar-refractivity contribution is 8.24. The molecule has 0 fully saturated rings. The van der Waals surface area contributed by atoms with Crippen molar-refractivity contribution in [2.24, 2.45) is 11.5 Å². The lowest BCUT2D eigenvalue weighted by molar-refractivity contribution is 0.965. The van der Waals surface area contributed by atoms with Gasteiger partial charge in [-0.1, -0.05) is 36.9 Å². The van der Waals surface area contributed by atoms with E-state index >= 15 is 0 Å². The Kier molecular flexibility index (Phi) is 11.9. The summed E-state index contributed by atoms with van der Waals surface area (Å²) in [4.78, 5) is 0. The van der Waals surface area contributed by atoms with Crippen molar-refractivity contribution in [1.82, 2.24) is 5.32 Å². The molecular weight excluding hydrogens is 322 g/mol. The minimum atomic E-state index is 0.514. The van der Waals surface area contributed by atoms with Crippen molar-refractivity contribution in [2.45, 2.75) is 5.75 Å². The summed E-state index contributed by atoms with van der Waals surface area (Å²) >= 11 is 1.84. The van der Waals surface area contributed by atoms with Gasteiger partial charge in [-0.2, -0.15) is 11.8 Å². The normalized spacial score (nSPS) is 11.4. The maximum atomic E-state index is 5.37. The largest absolute Gasteiger partial charge is 0.393 e. The third-order valence-corrected chi connectivity index (χ3v) is 3.83. The molecule has 5 N–H and O–H groups in total. The number of rotatable bonds is 6. The number of nitrogens with two attached hydrogens (primary N) is 2. The van der Waals surface area contributed by atoms with Crippen molar-refractivity contribution in [3.8, 4) is 0 Å². The van der Waals surface area contributed by atoms with E-state index in [2.05, 4.69) is 36.4 Å². The van der Waals surface area contributed by atoms with Crippen LogP contribution < -0.4 is 16.8 Å². The van der Waals surface area contributed by atoms with Crippen LogP contribution in [0.25, 0.3) is 6.08 Å². The van der Waals surface area contributed by atoms with Crippen molar-refractivity contribution in [1.29, 1.82) is 0 Å². The molecule has 0 bridgehead atoms. The van der Waals surface area contributed by atoms with Gasteiger partial charge in [0.15, 0.2) is 0 Å². The average Bonchev–Trinajstić information content (AvgIpc) is 2.53. The van der Waals surface area contributed by atoms with E-state index in [1.54, 1.807) is 19.2 Å². The average molecular weight is 344 g/mol. The molecule has 21 heavy (non-hydrogen) atoms. The van der Waals surface area contributed by atoms with Crippen LogP contribution in [0.1, 0.15) is 11.1 Å². The zero-order valence-corrected chi connectivity index (χ0v) is 14.7. The van der Waals surface area contributed by atoms with Crippen LogP contribution in [0.3, 0.4) is 0 Å². The number of nitrogens with one attached hydrogen (secondary N) is 1. The number of hydrogen-bond acceptors (Lipinski definition) is 5. The first-order valence-corrected chi connectivity index (χ1v) is 9.21. The Morgan fingerprint density at radius 2 is 2.00 bits per heavy atom.